The van der Waals surface area contributed by atoms with E-state index in [1.165, 1.54) is 17.8 Å². The molecule has 0 aromatic carbocycles. The summed E-state index contributed by atoms with van der Waals surface area (Å²) in [5.41, 5.74) is 0. The number of furan rings is 1. The fraction of sp³-hybridized carbons (Fsp3) is 0.400. The van der Waals surface area contributed by atoms with Gasteiger partial charge in [-0.3, -0.25) is 0 Å². The zero-order valence-corrected chi connectivity index (χ0v) is 10.1. The van der Waals surface area contributed by atoms with Gasteiger partial charge in [0.05, 0.1) is 11.8 Å². The summed E-state index contributed by atoms with van der Waals surface area (Å²) in [6.07, 6.45) is 2.24. The van der Waals surface area contributed by atoms with Crippen LogP contribution in [-0.2, 0) is 5.75 Å². The monoisotopic (exact) mass is 266 g/mol. The Morgan fingerprint density at radius 1 is 1.56 bits per heavy atom. The third kappa shape index (κ3) is 2.23. The molecule has 1 fully saturated rings. The van der Waals surface area contributed by atoms with Gasteiger partial charge in [-0.25, -0.2) is 9.48 Å². The first-order valence-electron chi connectivity index (χ1n) is 5.46. The summed E-state index contributed by atoms with van der Waals surface area (Å²) < 4.78 is 6.97. The summed E-state index contributed by atoms with van der Waals surface area (Å²) in [4.78, 5) is 10.7. The molecule has 0 aliphatic heterocycles. The number of rotatable bonds is 5. The van der Waals surface area contributed by atoms with Crippen molar-refractivity contribution >= 4 is 17.7 Å². The van der Waals surface area contributed by atoms with E-state index in [9.17, 15) is 4.79 Å². The molecule has 0 spiro atoms. The molecular formula is C10H10N4O3S. The summed E-state index contributed by atoms with van der Waals surface area (Å²) >= 11 is 1.38. The van der Waals surface area contributed by atoms with Crippen LogP contribution in [-0.4, -0.2) is 31.3 Å². The number of carboxylic acids is 1. The Labute approximate surface area is 106 Å². The number of carbonyl (C=O) groups is 1. The third-order valence-corrected chi connectivity index (χ3v) is 3.50. The fourth-order valence-corrected chi connectivity index (χ4v) is 2.33. The molecule has 2 aromatic heterocycles. The molecule has 7 nitrogen and oxygen atoms in total. The highest BCUT2D eigenvalue weighted by Gasteiger charge is 2.27. The first-order valence-corrected chi connectivity index (χ1v) is 6.45. The second kappa shape index (κ2) is 4.45. The van der Waals surface area contributed by atoms with Crippen LogP contribution in [0.1, 0.15) is 35.3 Å². The Kier molecular flexibility index (Phi) is 2.78. The predicted molar refractivity (Wildman–Crippen MR) is 61.3 cm³/mol. The minimum atomic E-state index is -1.07. The van der Waals surface area contributed by atoms with Crippen molar-refractivity contribution in [3.8, 4) is 0 Å². The van der Waals surface area contributed by atoms with Crippen molar-refractivity contribution < 1.29 is 14.3 Å². The Bertz CT molecular complexity index is 575. The molecule has 3 rings (SSSR count). The number of tetrazole rings is 1. The van der Waals surface area contributed by atoms with Crippen LogP contribution >= 0.6 is 11.8 Å². The molecule has 18 heavy (non-hydrogen) atoms. The van der Waals surface area contributed by atoms with Gasteiger partial charge in [-0.2, -0.15) is 0 Å². The maximum atomic E-state index is 10.7. The topological polar surface area (TPSA) is 94.0 Å². The van der Waals surface area contributed by atoms with E-state index < -0.39 is 5.97 Å². The predicted octanol–water partition coefficient (Wildman–Crippen LogP) is 1.59. The second-order valence-electron chi connectivity index (χ2n) is 3.98. The highest BCUT2D eigenvalue weighted by atomic mass is 32.2. The van der Waals surface area contributed by atoms with Crippen LogP contribution in [0.3, 0.4) is 0 Å². The average molecular weight is 266 g/mol. The molecule has 94 valence electrons. The Morgan fingerprint density at radius 3 is 3.06 bits per heavy atom. The van der Waals surface area contributed by atoms with E-state index >= 15 is 0 Å². The van der Waals surface area contributed by atoms with Gasteiger partial charge in [0.2, 0.25) is 5.76 Å². The standard InChI is InChI=1S/C10H10N4O3S/c15-10(16)7-3-4-9(17-7)18-5-8-11-12-13-14(8)6-1-2-6/h3-4,6H,1-2,5H2,(H,15,16). The smallest absolute Gasteiger partial charge is 0.371 e. The molecule has 0 radical (unpaired) electrons. The lowest BCUT2D eigenvalue weighted by atomic mass is 10.5. The minimum Gasteiger partial charge on any atom is -0.475 e. The van der Waals surface area contributed by atoms with E-state index in [0.29, 0.717) is 16.9 Å². The van der Waals surface area contributed by atoms with Crippen LogP contribution in [0.15, 0.2) is 21.6 Å². The molecule has 1 aliphatic rings. The van der Waals surface area contributed by atoms with Gasteiger partial charge in [-0.15, -0.1) is 5.10 Å². The maximum absolute atomic E-state index is 10.7. The number of hydrogen-bond acceptors (Lipinski definition) is 6. The third-order valence-electron chi connectivity index (χ3n) is 2.59. The highest BCUT2D eigenvalue weighted by Crippen LogP contribution is 2.35. The fourth-order valence-electron chi connectivity index (χ4n) is 1.56. The van der Waals surface area contributed by atoms with Crippen molar-refractivity contribution in [1.29, 1.82) is 0 Å². The molecule has 8 heteroatoms. The molecule has 0 unspecified atom stereocenters. The number of aromatic carboxylic acids is 1. The molecular weight excluding hydrogens is 256 g/mol. The molecule has 1 aliphatic carbocycles. The van der Waals surface area contributed by atoms with E-state index in [2.05, 4.69) is 15.5 Å². The number of hydrogen-bond donors (Lipinski definition) is 1. The summed E-state index contributed by atoms with van der Waals surface area (Å²) in [7, 11) is 0. The van der Waals surface area contributed by atoms with E-state index in [4.69, 9.17) is 9.52 Å². The van der Waals surface area contributed by atoms with Crippen molar-refractivity contribution in [2.75, 3.05) is 0 Å². The quantitative estimate of drug-likeness (QED) is 0.821. The molecule has 0 bridgehead atoms. The summed E-state index contributed by atoms with van der Waals surface area (Å²) in [5, 5.41) is 20.8. The lowest BCUT2D eigenvalue weighted by molar-refractivity contribution is 0.0656. The van der Waals surface area contributed by atoms with E-state index in [-0.39, 0.29) is 5.76 Å². The van der Waals surface area contributed by atoms with Crippen LogP contribution in [0.5, 0.6) is 0 Å². The van der Waals surface area contributed by atoms with Gasteiger partial charge >= 0.3 is 5.97 Å². The maximum Gasteiger partial charge on any atom is 0.371 e. The number of aromatic nitrogens is 4. The van der Waals surface area contributed by atoms with Gasteiger partial charge in [0.15, 0.2) is 10.9 Å². The first-order chi connectivity index (χ1) is 8.74. The van der Waals surface area contributed by atoms with Gasteiger partial charge < -0.3 is 9.52 Å². The van der Waals surface area contributed by atoms with Crippen LogP contribution in [0, 0.1) is 0 Å². The molecule has 2 aromatic rings. The van der Waals surface area contributed by atoms with Crippen molar-refractivity contribution in [2.45, 2.75) is 29.7 Å². The first kappa shape index (κ1) is 11.3. The van der Waals surface area contributed by atoms with Gasteiger partial charge in [0.25, 0.3) is 0 Å². The van der Waals surface area contributed by atoms with E-state index in [1.54, 1.807) is 6.07 Å². The van der Waals surface area contributed by atoms with E-state index in [1.807, 2.05) is 4.68 Å². The largest absolute Gasteiger partial charge is 0.475 e. The number of carboxylic acid groups (broad SMARTS) is 1. The summed E-state index contributed by atoms with van der Waals surface area (Å²) in [6.45, 7) is 0. The van der Waals surface area contributed by atoms with E-state index in [0.717, 1.165) is 18.7 Å². The van der Waals surface area contributed by atoms with Crippen LogP contribution in [0.4, 0.5) is 0 Å². The SMILES string of the molecule is O=C(O)c1ccc(SCc2nnnn2C2CC2)o1. The lowest BCUT2D eigenvalue weighted by Crippen LogP contribution is -2.02. The van der Waals surface area contributed by atoms with Gasteiger partial charge in [-0.05, 0) is 35.4 Å². The molecule has 0 amide bonds. The normalized spacial score (nSPS) is 14.9. The highest BCUT2D eigenvalue weighted by molar-refractivity contribution is 7.98. The average Bonchev–Trinajstić information content (AvgIpc) is 2.92. The Morgan fingerprint density at radius 2 is 2.39 bits per heavy atom. The van der Waals surface area contributed by atoms with Gasteiger partial charge in [-0.1, -0.05) is 11.8 Å². The Balaban J connectivity index is 1.66. The van der Waals surface area contributed by atoms with Gasteiger partial charge in [0.1, 0.15) is 0 Å². The van der Waals surface area contributed by atoms with Crippen LogP contribution in [0.25, 0.3) is 0 Å². The molecule has 2 heterocycles. The second-order valence-corrected chi connectivity index (χ2v) is 4.96. The molecule has 1 N–H and O–H groups in total. The van der Waals surface area contributed by atoms with Crippen molar-refractivity contribution in [3.05, 3.63) is 23.7 Å². The summed E-state index contributed by atoms with van der Waals surface area (Å²) in [5.74, 6) is 0.232. The lowest BCUT2D eigenvalue weighted by Gasteiger charge is -2.00. The van der Waals surface area contributed by atoms with Gasteiger partial charge in [0, 0.05) is 0 Å². The molecule has 0 atom stereocenters. The number of nitrogens with zero attached hydrogens (tertiary/aromatic N) is 4. The van der Waals surface area contributed by atoms with Crippen molar-refractivity contribution in [3.63, 3.8) is 0 Å². The zero-order valence-electron chi connectivity index (χ0n) is 9.31. The van der Waals surface area contributed by atoms with Crippen molar-refractivity contribution in [2.24, 2.45) is 0 Å². The summed E-state index contributed by atoms with van der Waals surface area (Å²) in [6, 6.07) is 3.51. The molecule has 0 saturated heterocycles. The Hall–Kier alpha value is -1.83. The zero-order chi connectivity index (χ0) is 12.5. The van der Waals surface area contributed by atoms with Crippen LogP contribution < -0.4 is 0 Å². The van der Waals surface area contributed by atoms with Crippen LogP contribution in [0.2, 0.25) is 0 Å². The number of thioether (sulfide) groups is 1. The minimum absolute atomic E-state index is 0.0562. The van der Waals surface area contributed by atoms with Crippen molar-refractivity contribution in [1.82, 2.24) is 20.2 Å². The molecule has 1 saturated carbocycles.